The van der Waals surface area contributed by atoms with Crippen molar-refractivity contribution in [3.63, 3.8) is 0 Å². The standard InChI is InChI=1S/C3H6.C2H6.H3N.H2/c1-3-2;1-2;;/h3H,1H2,2H3;1-2H3;1H3;1H. The van der Waals surface area contributed by atoms with Gasteiger partial charge < -0.3 is 6.15 Å². The second-order valence-electron chi connectivity index (χ2n) is 0.408. The fourth-order valence-electron chi connectivity index (χ4n) is 0. The second-order valence-corrected chi connectivity index (χ2v) is 0.408. The lowest BCUT2D eigenvalue weighted by molar-refractivity contribution is 1.50. The largest absolute Gasteiger partial charge is 0.344 e. The Morgan fingerprint density at radius 1 is 1.50 bits per heavy atom. The Balaban J connectivity index is -0.0000000105. The molecule has 0 aliphatic rings. The molecule has 0 saturated carbocycles. The Morgan fingerprint density at radius 2 is 1.50 bits per heavy atom. The molecule has 3 N–H and O–H groups in total. The summed E-state index contributed by atoms with van der Waals surface area (Å²) in [5.74, 6) is 0. The summed E-state index contributed by atoms with van der Waals surface area (Å²) in [5, 5.41) is 0. The average Bonchev–Trinajstić information content (AvgIpc) is 1.46. The van der Waals surface area contributed by atoms with Crippen molar-refractivity contribution in [2.45, 2.75) is 20.8 Å². The minimum absolute atomic E-state index is 0. The van der Waals surface area contributed by atoms with Crippen molar-refractivity contribution >= 4 is 0 Å². The number of hydrogen-bond acceptors (Lipinski definition) is 1. The molecule has 0 spiro atoms. The molecule has 0 atom stereocenters. The number of rotatable bonds is 0. The predicted octanol–water partition coefficient (Wildman–Crippen LogP) is 2.63. The molecule has 42 valence electrons. The highest BCUT2D eigenvalue weighted by atomic mass is 14.0. The van der Waals surface area contributed by atoms with Crippen LogP contribution in [-0.2, 0) is 0 Å². The molecule has 1 nitrogen and oxygen atoms in total. The van der Waals surface area contributed by atoms with E-state index >= 15 is 0 Å². The van der Waals surface area contributed by atoms with Gasteiger partial charge in [-0.3, -0.25) is 0 Å². The van der Waals surface area contributed by atoms with Gasteiger partial charge >= 0.3 is 0 Å². The van der Waals surface area contributed by atoms with Gasteiger partial charge in [-0.25, -0.2) is 0 Å². The quantitative estimate of drug-likeness (QED) is 0.457. The maximum atomic E-state index is 3.36. The predicted molar refractivity (Wildman–Crippen MR) is 34.4 cm³/mol. The summed E-state index contributed by atoms with van der Waals surface area (Å²) in [6, 6.07) is 0. The van der Waals surface area contributed by atoms with E-state index < -0.39 is 0 Å². The lowest BCUT2D eigenvalue weighted by Crippen LogP contribution is -1.07. The molecule has 0 heterocycles. The van der Waals surface area contributed by atoms with Crippen molar-refractivity contribution in [1.29, 1.82) is 0 Å². The van der Waals surface area contributed by atoms with Crippen LogP contribution in [0.3, 0.4) is 0 Å². The van der Waals surface area contributed by atoms with Crippen LogP contribution in [0.15, 0.2) is 12.7 Å². The van der Waals surface area contributed by atoms with E-state index in [1.807, 2.05) is 20.8 Å². The van der Waals surface area contributed by atoms with Crippen molar-refractivity contribution in [3.05, 3.63) is 12.7 Å². The molecular weight excluding hydrogens is 74.1 g/mol. The first-order chi connectivity index (χ1) is 2.41. The summed E-state index contributed by atoms with van der Waals surface area (Å²) in [5.41, 5.74) is 0. The van der Waals surface area contributed by atoms with Crippen molar-refractivity contribution < 1.29 is 1.43 Å². The van der Waals surface area contributed by atoms with Gasteiger partial charge in [-0.05, 0) is 6.92 Å². The van der Waals surface area contributed by atoms with Crippen LogP contribution < -0.4 is 6.15 Å². The molecule has 0 fully saturated rings. The van der Waals surface area contributed by atoms with Crippen molar-refractivity contribution in [3.8, 4) is 0 Å². The second kappa shape index (κ2) is 131. The van der Waals surface area contributed by atoms with Crippen molar-refractivity contribution in [2.24, 2.45) is 0 Å². The van der Waals surface area contributed by atoms with E-state index in [9.17, 15) is 0 Å². The van der Waals surface area contributed by atoms with Crippen molar-refractivity contribution in [1.82, 2.24) is 6.15 Å². The van der Waals surface area contributed by atoms with Gasteiger partial charge in [-0.2, -0.15) is 0 Å². The summed E-state index contributed by atoms with van der Waals surface area (Å²) in [7, 11) is 0. The first kappa shape index (κ1) is 17.3. The zero-order chi connectivity index (χ0) is 4.71. The summed E-state index contributed by atoms with van der Waals surface area (Å²) in [6.07, 6.45) is 1.75. The van der Waals surface area contributed by atoms with Gasteiger partial charge in [-0.15, -0.1) is 6.58 Å². The molecule has 0 aromatic heterocycles. The summed E-state index contributed by atoms with van der Waals surface area (Å²) in [4.78, 5) is 0. The highest BCUT2D eigenvalue weighted by molar-refractivity contribution is 4.51. The van der Waals surface area contributed by atoms with E-state index in [2.05, 4.69) is 6.58 Å². The highest BCUT2D eigenvalue weighted by Crippen LogP contribution is 1.38. The normalized spacial score (nSPS) is 3.17. The van der Waals surface area contributed by atoms with Crippen LogP contribution >= 0.6 is 0 Å². The van der Waals surface area contributed by atoms with Crippen LogP contribution in [0.4, 0.5) is 0 Å². The molecule has 0 radical (unpaired) electrons. The Labute approximate surface area is 42.1 Å². The Kier molecular flexibility index (Phi) is 378. The van der Waals surface area contributed by atoms with Crippen molar-refractivity contribution in [2.75, 3.05) is 0 Å². The van der Waals surface area contributed by atoms with Gasteiger partial charge in [-0.1, -0.05) is 19.9 Å². The maximum absolute atomic E-state index is 3.36. The monoisotopic (exact) mass is 91.1 g/mol. The average molecular weight is 91.2 g/mol. The van der Waals surface area contributed by atoms with Crippen LogP contribution in [0, 0.1) is 0 Å². The van der Waals surface area contributed by atoms with Gasteiger partial charge in [0.2, 0.25) is 0 Å². The van der Waals surface area contributed by atoms with Gasteiger partial charge in [0.15, 0.2) is 0 Å². The van der Waals surface area contributed by atoms with Gasteiger partial charge in [0.1, 0.15) is 0 Å². The van der Waals surface area contributed by atoms with E-state index in [4.69, 9.17) is 0 Å². The van der Waals surface area contributed by atoms with E-state index in [1.165, 1.54) is 0 Å². The maximum Gasteiger partial charge on any atom is 0 e. The Hall–Kier alpha value is -0.300. The molecule has 0 aliphatic heterocycles. The minimum Gasteiger partial charge on any atom is -0.344 e. The third-order valence-corrected chi connectivity index (χ3v) is 0. The molecule has 0 aromatic rings. The zero-order valence-electron chi connectivity index (χ0n) is 4.99. The van der Waals surface area contributed by atoms with Crippen LogP contribution in [0.25, 0.3) is 0 Å². The molecule has 0 rings (SSSR count). The topological polar surface area (TPSA) is 35.0 Å². The molecule has 0 unspecified atom stereocenters. The minimum atomic E-state index is 0. The van der Waals surface area contributed by atoms with E-state index in [0.717, 1.165) is 0 Å². The number of allylic oxidation sites excluding steroid dienone is 1. The zero-order valence-corrected chi connectivity index (χ0v) is 4.99. The smallest absolute Gasteiger partial charge is 0 e. The number of hydrogen-bond donors (Lipinski definition) is 1. The third kappa shape index (κ3) is 300. The summed E-state index contributed by atoms with van der Waals surface area (Å²) in [6.45, 7) is 9.25. The lowest BCUT2D eigenvalue weighted by Gasteiger charge is -1.31. The molecule has 0 saturated heterocycles. The molecule has 0 aliphatic carbocycles. The van der Waals surface area contributed by atoms with Crippen LogP contribution in [0.5, 0.6) is 0 Å². The fourth-order valence-corrected chi connectivity index (χ4v) is 0. The van der Waals surface area contributed by atoms with Gasteiger partial charge in [0.25, 0.3) is 0 Å². The van der Waals surface area contributed by atoms with Gasteiger partial charge in [0.05, 0.1) is 0 Å². The molecule has 0 amide bonds. The van der Waals surface area contributed by atoms with E-state index in [1.54, 1.807) is 6.08 Å². The first-order valence-corrected chi connectivity index (χ1v) is 1.99. The van der Waals surface area contributed by atoms with E-state index in [-0.39, 0.29) is 7.58 Å². The SMILES string of the molecule is C=CC.CC.N.[HH]. The lowest BCUT2D eigenvalue weighted by atomic mass is 10.8. The Bertz CT molecular complexity index is 15.6. The first-order valence-electron chi connectivity index (χ1n) is 1.99. The van der Waals surface area contributed by atoms with Crippen LogP contribution in [0.1, 0.15) is 22.2 Å². The van der Waals surface area contributed by atoms with Gasteiger partial charge in [0, 0.05) is 1.43 Å². The fraction of sp³-hybridized carbons (Fsp3) is 0.600. The third-order valence-electron chi connectivity index (χ3n) is 0. The summed E-state index contributed by atoms with van der Waals surface area (Å²) < 4.78 is 0. The molecule has 0 aromatic carbocycles. The van der Waals surface area contributed by atoms with Crippen LogP contribution in [0.2, 0.25) is 0 Å². The molecule has 1 heteroatoms. The Morgan fingerprint density at radius 3 is 1.50 bits per heavy atom. The van der Waals surface area contributed by atoms with E-state index in [0.29, 0.717) is 0 Å². The van der Waals surface area contributed by atoms with Crippen LogP contribution in [-0.4, -0.2) is 0 Å². The molecular formula is C5H17N. The molecule has 0 bridgehead atoms. The summed E-state index contributed by atoms with van der Waals surface area (Å²) >= 11 is 0. The molecule has 6 heavy (non-hydrogen) atoms. The highest BCUT2D eigenvalue weighted by Gasteiger charge is 1.15.